The molecule has 0 amide bonds. The molecule has 1 saturated carbocycles. The third-order valence-corrected chi connectivity index (χ3v) is 5.42. The lowest BCUT2D eigenvalue weighted by molar-refractivity contribution is -0.143. The van der Waals surface area contributed by atoms with Crippen LogP contribution in [0.1, 0.15) is 30.2 Å². The summed E-state index contributed by atoms with van der Waals surface area (Å²) in [6.45, 7) is 0. The van der Waals surface area contributed by atoms with Crippen LogP contribution in [0.15, 0.2) is 24.0 Å². The van der Waals surface area contributed by atoms with Crippen LogP contribution in [0.25, 0.3) is 11.3 Å². The van der Waals surface area contributed by atoms with Crippen LogP contribution >= 0.6 is 11.3 Å². The minimum absolute atomic E-state index is 0.0340. The van der Waals surface area contributed by atoms with Gasteiger partial charge in [-0.1, -0.05) is 0 Å². The molecule has 6 heteroatoms. The summed E-state index contributed by atoms with van der Waals surface area (Å²) in [7, 11) is 0. The number of rotatable bonds is 3. The lowest BCUT2D eigenvalue weighted by Gasteiger charge is -2.38. The molecule has 2 aliphatic rings. The highest BCUT2D eigenvalue weighted by Crippen LogP contribution is 2.49. The van der Waals surface area contributed by atoms with Crippen molar-refractivity contribution in [3.05, 3.63) is 28.8 Å². The van der Waals surface area contributed by atoms with Gasteiger partial charge in [-0.15, -0.1) is 11.3 Å². The Balaban J connectivity index is 1.56. The molecular weight excluding hydrogens is 282 g/mol. The maximum atomic E-state index is 12.9. The van der Waals surface area contributed by atoms with E-state index in [-0.39, 0.29) is 24.8 Å². The number of aromatic nitrogens is 2. The summed E-state index contributed by atoms with van der Waals surface area (Å²) in [5.74, 6) is -2.85. The molecule has 20 heavy (non-hydrogen) atoms. The molecule has 4 rings (SSSR count). The second kappa shape index (κ2) is 4.11. The molecule has 3 nitrogen and oxygen atoms in total. The van der Waals surface area contributed by atoms with Gasteiger partial charge in [0.05, 0.1) is 30.4 Å². The van der Waals surface area contributed by atoms with Crippen molar-refractivity contribution in [3.63, 3.8) is 0 Å². The fraction of sp³-hybridized carbons (Fsp3) is 0.500. The van der Waals surface area contributed by atoms with Gasteiger partial charge in [0.2, 0.25) is 5.92 Å². The molecule has 2 aromatic rings. The minimum Gasteiger partial charge on any atom is -0.393 e. The standard InChI is InChI=1S/C14H14F2N2OS/c15-14(16)4-8(5-14)12(19)3-10-13-9(1-2-20-13)11-6-17-7-18(10)11/h1-2,6-8,10,12,19H,3-5H2. The fourth-order valence-electron chi connectivity index (χ4n) is 3.30. The topological polar surface area (TPSA) is 38.1 Å². The molecule has 3 heterocycles. The molecule has 1 aliphatic heterocycles. The summed E-state index contributed by atoms with van der Waals surface area (Å²) in [5, 5.41) is 12.3. The van der Waals surface area contributed by atoms with Gasteiger partial charge in [0, 0.05) is 23.3 Å². The van der Waals surface area contributed by atoms with Crippen LogP contribution in [0, 0.1) is 5.92 Å². The second-order valence-corrected chi connectivity index (χ2v) is 6.68. The van der Waals surface area contributed by atoms with E-state index in [2.05, 4.69) is 11.1 Å². The number of imidazole rings is 1. The lowest BCUT2D eigenvalue weighted by Crippen LogP contribution is -2.42. The highest BCUT2D eigenvalue weighted by atomic mass is 32.1. The van der Waals surface area contributed by atoms with Crippen molar-refractivity contribution in [1.29, 1.82) is 0 Å². The smallest absolute Gasteiger partial charge is 0.248 e. The van der Waals surface area contributed by atoms with Crippen LogP contribution in [0.4, 0.5) is 8.78 Å². The van der Waals surface area contributed by atoms with E-state index >= 15 is 0 Å². The lowest BCUT2D eigenvalue weighted by atomic mass is 9.76. The molecule has 2 atom stereocenters. The van der Waals surface area contributed by atoms with Crippen LogP contribution < -0.4 is 0 Å². The molecule has 1 fully saturated rings. The Hall–Kier alpha value is -1.27. The predicted molar refractivity (Wildman–Crippen MR) is 72.0 cm³/mol. The molecule has 0 bridgehead atoms. The molecule has 2 aromatic heterocycles. The van der Waals surface area contributed by atoms with E-state index in [9.17, 15) is 13.9 Å². The average molecular weight is 296 g/mol. The van der Waals surface area contributed by atoms with Crippen LogP contribution in [0.2, 0.25) is 0 Å². The molecule has 0 aromatic carbocycles. The molecule has 0 radical (unpaired) electrons. The Morgan fingerprint density at radius 3 is 3.05 bits per heavy atom. The van der Waals surface area contributed by atoms with Gasteiger partial charge in [-0.25, -0.2) is 13.8 Å². The number of aliphatic hydroxyl groups excluding tert-OH is 1. The highest BCUT2D eigenvalue weighted by Gasteiger charge is 2.49. The average Bonchev–Trinajstić information content (AvgIpc) is 3.02. The first kappa shape index (κ1) is 12.5. The van der Waals surface area contributed by atoms with Crippen molar-refractivity contribution >= 4 is 11.3 Å². The first-order chi connectivity index (χ1) is 9.55. The third-order valence-electron chi connectivity index (χ3n) is 4.41. The normalized spacial score (nSPS) is 25.1. The van der Waals surface area contributed by atoms with Gasteiger partial charge in [-0.3, -0.25) is 0 Å². The van der Waals surface area contributed by atoms with Crippen molar-refractivity contribution in [2.75, 3.05) is 0 Å². The minimum atomic E-state index is -2.57. The number of nitrogens with zero attached hydrogens (tertiary/aromatic N) is 2. The van der Waals surface area contributed by atoms with Crippen molar-refractivity contribution in [2.24, 2.45) is 5.92 Å². The molecule has 2 unspecified atom stereocenters. The van der Waals surface area contributed by atoms with Gasteiger partial charge in [0.15, 0.2) is 0 Å². The monoisotopic (exact) mass is 296 g/mol. The maximum absolute atomic E-state index is 12.9. The fourth-order valence-corrected chi connectivity index (χ4v) is 4.32. The molecule has 1 aliphatic carbocycles. The Morgan fingerprint density at radius 1 is 1.50 bits per heavy atom. The van der Waals surface area contributed by atoms with E-state index in [4.69, 9.17) is 0 Å². The number of aliphatic hydroxyl groups is 1. The summed E-state index contributed by atoms with van der Waals surface area (Å²) in [6.07, 6.45) is 3.01. The van der Waals surface area contributed by atoms with Crippen molar-refractivity contribution < 1.29 is 13.9 Å². The highest BCUT2D eigenvalue weighted by molar-refractivity contribution is 7.10. The van der Waals surface area contributed by atoms with E-state index in [1.54, 1.807) is 17.7 Å². The van der Waals surface area contributed by atoms with E-state index in [1.165, 1.54) is 4.88 Å². The first-order valence-electron chi connectivity index (χ1n) is 6.71. The maximum Gasteiger partial charge on any atom is 0.248 e. The summed E-state index contributed by atoms with van der Waals surface area (Å²) in [5.41, 5.74) is 2.21. The Labute approximate surface area is 118 Å². The zero-order chi connectivity index (χ0) is 13.9. The summed E-state index contributed by atoms with van der Waals surface area (Å²) in [6, 6.07) is 2.09. The van der Waals surface area contributed by atoms with E-state index < -0.39 is 12.0 Å². The van der Waals surface area contributed by atoms with Gasteiger partial charge >= 0.3 is 0 Å². The largest absolute Gasteiger partial charge is 0.393 e. The summed E-state index contributed by atoms with van der Waals surface area (Å²) < 4.78 is 27.9. The zero-order valence-corrected chi connectivity index (χ0v) is 11.5. The predicted octanol–water partition coefficient (Wildman–Crippen LogP) is 3.31. The number of thiophene rings is 1. The Kier molecular flexibility index (Phi) is 2.57. The molecule has 0 spiro atoms. The van der Waals surface area contributed by atoms with Crippen molar-refractivity contribution in [3.8, 4) is 11.3 Å². The molecular formula is C14H14F2N2OS. The SMILES string of the molecule is OC(CC1c2sccc2-c2cncn21)C1CC(F)(F)C1. The van der Waals surface area contributed by atoms with Gasteiger partial charge in [0.1, 0.15) is 0 Å². The van der Waals surface area contributed by atoms with Crippen molar-refractivity contribution in [2.45, 2.75) is 37.3 Å². The first-order valence-corrected chi connectivity index (χ1v) is 7.58. The van der Waals surface area contributed by atoms with E-state index in [0.717, 1.165) is 11.3 Å². The summed E-state index contributed by atoms with van der Waals surface area (Å²) in [4.78, 5) is 5.35. The molecule has 106 valence electrons. The van der Waals surface area contributed by atoms with Gasteiger partial charge in [-0.05, 0) is 23.8 Å². The van der Waals surface area contributed by atoms with Gasteiger partial charge in [-0.2, -0.15) is 0 Å². The quantitative estimate of drug-likeness (QED) is 0.943. The van der Waals surface area contributed by atoms with Crippen LogP contribution in [-0.4, -0.2) is 26.7 Å². The summed E-state index contributed by atoms with van der Waals surface area (Å²) >= 11 is 1.65. The van der Waals surface area contributed by atoms with Crippen LogP contribution in [0.3, 0.4) is 0 Å². The number of hydrogen-bond donors (Lipinski definition) is 1. The zero-order valence-electron chi connectivity index (χ0n) is 10.7. The number of hydrogen-bond acceptors (Lipinski definition) is 3. The Morgan fingerprint density at radius 2 is 2.30 bits per heavy atom. The number of alkyl halides is 2. The van der Waals surface area contributed by atoms with Crippen LogP contribution in [0.5, 0.6) is 0 Å². The van der Waals surface area contributed by atoms with E-state index in [1.807, 2.05) is 16.1 Å². The number of fused-ring (bicyclic) bond motifs is 3. The van der Waals surface area contributed by atoms with Crippen LogP contribution in [-0.2, 0) is 0 Å². The van der Waals surface area contributed by atoms with Gasteiger partial charge < -0.3 is 9.67 Å². The van der Waals surface area contributed by atoms with Gasteiger partial charge in [0.25, 0.3) is 0 Å². The third kappa shape index (κ3) is 1.74. The van der Waals surface area contributed by atoms with E-state index in [0.29, 0.717) is 6.42 Å². The van der Waals surface area contributed by atoms with Crippen molar-refractivity contribution in [1.82, 2.24) is 9.55 Å². The number of halogens is 2. The second-order valence-electron chi connectivity index (χ2n) is 5.73. The molecule has 1 N–H and O–H groups in total. The Bertz CT molecular complexity index is 603. The molecule has 0 saturated heterocycles.